The molecule has 1 heterocycles. The predicted molar refractivity (Wildman–Crippen MR) is 122 cm³/mol. The lowest BCUT2D eigenvalue weighted by Crippen LogP contribution is -2.52. The van der Waals surface area contributed by atoms with Gasteiger partial charge in [-0.2, -0.15) is 0 Å². The summed E-state index contributed by atoms with van der Waals surface area (Å²) in [7, 11) is 0. The second kappa shape index (κ2) is 10.2. The van der Waals surface area contributed by atoms with Gasteiger partial charge in [0.2, 0.25) is 0 Å². The highest BCUT2D eigenvalue weighted by atomic mass is 16.5. The highest BCUT2D eigenvalue weighted by Gasteiger charge is 2.41. The number of esters is 2. The third-order valence-electron chi connectivity index (χ3n) is 9.33. The summed E-state index contributed by atoms with van der Waals surface area (Å²) in [4.78, 5) is 52.6. The van der Waals surface area contributed by atoms with Crippen LogP contribution in [0, 0.1) is 35.5 Å². The predicted octanol–water partition coefficient (Wildman–Crippen LogP) is 2.40. The van der Waals surface area contributed by atoms with Crippen LogP contribution in [-0.2, 0) is 28.7 Å². The van der Waals surface area contributed by atoms with Crippen molar-refractivity contribution in [1.82, 2.24) is 9.80 Å². The third-order valence-corrected chi connectivity index (χ3v) is 9.33. The first-order valence-corrected chi connectivity index (χ1v) is 13.3. The number of nitrogens with zero attached hydrogens (tertiary/aromatic N) is 2. The number of fused-ring (bicyclic) bond motifs is 4. The van der Waals surface area contributed by atoms with Crippen molar-refractivity contribution in [3.05, 3.63) is 0 Å². The number of hydrogen-bond donors (Lipinski definition) is 0. The summed E-state index contributed by atoms with van der Waals surface area (Å²) in [5.41, 5.74) is 0. The highest BCUT2D eigenvalue weighted by molar-refractivity contribution is 5.82. The molecule has 34 heavy (non-hydrogen) atoms. The van der Waals surface area contributed by atoms with Gasteiger partial charge in [-0.1, -0.05) is 12.8 Å². The van der Waals surface area contributed by atoms with Crippen LogP contribution in [0.4, 0.5) is 0 Å². The summed E-state index contributed by atoms with van der Waals surface area (Å²) in [6.45, 7) is 1.13. The zero-order valence-corrected chi connectivity index (χ0v) is 20.1. The van der Waals surface area contributed by atoms with Gasteiger partial charge in [-0.3, -0.25) is 19.2 Å². The van der Waals surface area contributed by atoms with Gasteiger partial charge in [-0.15, -0.1) is 0 Å². The maximum absolute atomic E-state index is 12.5. The molecular weight excluding hydrogens is 436 g/mol. The Morgan fingerprint density at radius 2 is 1.00 bits per heavy atom. The zero-order valence-electron chi connectivity index (χ0n) is 20.1. The second-order valence-corrected chi connectivity index (χ2v) is 11.4. The molecule has 2 amide bonds. The molecule has 4 aliphatic carbocycles. The first-order valence-electron chi connectivity index (χ1n) is 13.3. The Labute approximate surface area is 201 Å². The van der Waals surface area contributed by atoms with Crippen molar-refractivity contribution in [2.24, 2.45) is 35.5 Å². The quantitative estimate of drug-likeness (QED) is 0.502. The minimum Gasteiger partial charge on any atom is -0.456 e. The third kappa shape index (κ3) is 5.41. The Morgan fingerprint density at radius 1 is 0.588 bits per heavy atom. The molecule has 5 aliphatic rings. The molecule has 8 nitrogen and oxygen atoms in total. The van der Waals surface area contributed by atoms with Gasteiger partial charge in [-0.05, 0) is 74.0 Å². The summed E-state index contributed by atoms with van der Waals surface area (Å²) < 4.78 is 10.5. The van der Waals surface area contributed by atoms with Crippen LogP contribution in [0.2, 0.25) is 0 Å². The highest BCUT2D eigenvalue weighted by Crippen LogP contribution is 2.50. The average molecular weight is 475 g/mol. The van der Waals surface area contributed by atoms with Gasteiger partial charge in [0.25, 0.3) is 11.8 Å². The van der Waals surface area contributed by atoms with Crippen molar-refractivity contribution in [2.45, 2.75) is 64.2 Å². The Kier molecular flexibility index (Phi) is 7.11. The number of hydrogen-bond acceptors (Lipinski definition) is 6. The van der Waals surface area contributed by atoms with Crippen molar-refractivity contribution >= 4 is 23.8 Å². The Hall–Kier alpha value is -2.12. The summed E-state index contributed by atoms with van der Waals surface area (Å²) in [5.74, 6) is 2.78. The topological polar surface area (TPSA) is 93.2 Å². The lowest BCUT2D eigenvalue weighted by atomic mass is 9.86. The van der Waals surface area contributed by atoms with E-state index in [0.29, 0.717) is 62.7 Å². The number of carbonyl (C=O) groups is 4. The Balaban J connectivity index is 0.952. The molecule has 0 spiro atoms. The van der Waals surface area contributed by atoms with E-state index in [1.165, 1.54) is 38.5 Å². The van der Waals surface area contributed by atoms with E-state index in [2.05, 4.69) is 0 Å². The molecule has 8 heteroatoms. The van der Waals surface area contributed by atoms with Crippen molar-refractivity contribution in [3.8, 4) is 0 Å². The fourth-order valence-corrected chi connectivity index (χ4v) is 7.47. The molecule has 0 aromatic rings. The SMILES string of the molecule is O=C(CC1CC2CCC1C2)OCC(=O)N1CCN(C(=O)COC(=O)CC2CC3CCC2C3)CC1. The van der Waals surface area contributed by atoms with E-state index in [4.69, 9.17) is 9.47 Å². The molecule has 5 rings (SSSR count). The van der Waals surface area contributed by atoms with Crippen molar-refractivity contribution in [3.63, 3.8) is 0 Å². The first kappa shape index (κ1) is 23.6. The summed E-state index contributed by atoms with van der Waals surface area (Å²) >= 11 is 0. The molecule has 4 bridgehead atoms. The summed E-state index contributed by atoms with van der Waals surface area (Å²) in [6.07, 6.45) is 10.7. The summed E-state index contributed by atoms with van der Waals surface area (Å²) in [5, 5.41) is 0. The molecule has 6 atom stereocenters. The van der Waals surface area contributed by atoms with E-state index >= 15 is 0 Å². The maximum atomic E-state index is 12.5. The molecule has 1 saturated heterocycles. The normalized spacial score (nSPS) is 33.9. The molecular formula is C26H38N2O6. The standard InChI is InChI=1S/C26H38N2O6/c29-23(15-33-25(31)13-21-11-17-1-3-19(21)9-17)27-5-7-28(8-6-27)24(30)16-34-26(32)14-22-12-18-2-4-20(22)10-18/h17-22H,1-16H2. The fourth-order valence-electron chi connectivity index (χ4n) is 7.47. The van der Waals surface area contributed by atoms with Crippen molar-refractivity contribution in [2.75, 3.05) is 39.4 Å². The fraction of sp³-hybridized carbons (Fsp3) is 0.846. The van der Waals surface area contributed by atoms with E-state index in [9.17, 15) is 19.2 Å². The maximum Gasteiger partial charge on any atom is 0.306 e. The van der Waals surface area contributed by atoms with Crippen LogP contribution < -0.4 is 0 Å². The van der Waals surface area contributed by atoms with E-state index in [1.54, 1.807) is 9.80 Å². The van der Waals surface area contributed by atoms with Gasteiger partial charge >= 0.3 is 11.9 Å². The molecule has 0 aromatic carbocycles. The lowest BCUT2D eigenvalue weighted by molar-refractivity contribution is -0.156. The van der Waals surface area contributed by atoms with Crippen LogP contribution in [0.15, 0.2) is 0 Å². The number of carbonyl (C=O) groups excluding carboxylic acids is 4. The van der Waals surface area contributed by atoms with Gasteiger partial charge in [0.1, 0.15) is 0 Å². The second-order valence-electron chi connectivity index (χ2n) is 11.4. The van der Waals surface area contributed by atoms with Crippen LogP contribution in [-0.4, -0.2) is 72.9 Å². The Bertz CT molecular complexity index is 741. The molecule has 0 radical (unpaired) electrons. The minimum absolute atomic E-state index is 0.217. The molecule has 6 unspecified atom stereocenters. The van der Waals surface area contributed by atoms with Crippen LogP contribution in [0.5, 0.6) is 0 Å². The monoisotopic (exact) mass is 474 g/mol. The molecule has 4 saturated carbocycles. The number of rotatable bonds is 8. The van der Waals surface area contributed by atoms with Crippen LogP contribution >= 0.6 is 0 Å². The van der Waals surface area contributed by atoms with Crippen LogP contribution in [0.25, 0.3) is 0 Å². The number of ether oxygens (including phenoxy) is 2. The van der Waals surface area contributed by atoms with Crippen molar-refractivity contribution < 1.29 is 28.7 Å². The van der Waals surface area contributed by atoms with E-state index in [-0.39, 0.29) is 37.0 Å². The average Bonchev–Trinajstić information content (AvgIpc) is 3.64. The molecule has 188 valence electrons. The van der Waals surface area contributed by atoms with Gasteiger partial charge < -0.3 is 19.3 Å². The minimum atomic E-state index is -0.271. The van der Waals surface area contributed by atoms with E-state index in [0.717, 1.165) is 24.7 Å². The van der Waals surface area contributed by atoms with Crippen LogP contribution in [0.3, 0.4) is 0 Å². The van der Waals surface area contributed by atoms with Gasteiger partial charge in [-0.25, -0.2) is 0 Å². The Morgan fingerprint density at radius 3 is 1.32 bits per heavy atom. The van der Waals surface area contributed by atoms with E-state index in [1.807, 2.05) is 0 Å². The van der Waals surface area contributed by atoms with E-state index < -0.39 is 0 Å². The van der Waals surface area contributed by atoms with Gasteiger partial charge in [0.05, 0.1) is 0 Å². The number of piperazine rings is 1. The molecule has 1 aliphatic heterocycles. The largest absolute Gasteiger partial charge is 0.456 e. The number of amides is 2. The van der Waals surface area contributed by atoms with Gasteiger partial charge in [0, 0.05) is 39.0 Å². The van der Waals surface area contributed by atoms with Crippen LogP contribution in [0.1, 0.15) is 64.2 Å². The van der Waals surface area contributed by atoms with Gasteiger partial charge in [0.15, 0.2) is 13.2 Å². The first-order chi connectivity index (χ1) is 16.4. The molecule has 5 fully saturated rings. The molecule has 0 aromatic heterocycles. The lowest BCUT2D eigenvalue weighted by Gasteiger charge is -2.34. The zero-order chi connectivity index (χ0) is 23.7. The van der Waals surface area contributed by atoms with Crippen molar-refractivity contribution in [1.29, 1.82) is 0 Å². The molecule has 0 N–H and O–H groups in total. The summed E-state index contributed by atoms with van der Waals surface area (Å²) in [6, 6.07) is 0. The smallest absolute Gasteiger partial charge is 0.306 e.